The number of halogens is 2. The Kier molecular flexibility index (Phi) is 8.47. The predicted molar refractivity (Wildman–Crippen MR) is 61.0 cm³/mol. The molecule has 0 aliphatic rings. The lowest BCUT2D eigenvalue weighted by atomic mass is 10.3. The lowest BCUT2D eigenvalue weighted by Crippen LogP contribution is -2.40. The zero-order valence-corrected chi connectivity index (χ0v) is 11.9. The SMILES string of the molecule is COC(OC)C(Br)C(Br)C(OC)OC. The van der Waals surface area contributed by atoms with E-state index in [9.17, 15) is 0 Å². The van der Waals surface area contributed by atoms with Crippen LogP contribution in [0.3, 0.4) is 0 Å². The summed E-state index contributed by atoms with van der Waals surface area (Å²) in [5, 5.41) is 0. The first-order valence-electron chi connectivity index (χ1n) is 4.01. The molecule has 2 unspecified atom stereocenters. The second-order valence-electron chi connectivity index (χ2n) is 2.57. The third-order valence-electron chi connectivity index (χ3n) is 1.75. The summed E-state index contributed by atoms with van der Waals surface area (Å²) in [5.74, 6) is 0. The van der Waals surface area contributed by atoms with Crippen molar-refractivity contribution in [3.8, 4) is 0 Å². The fourth-order valence-corrected chi connectivity index (χ4v) is 2.37. The lowest BCUT2D eigenvalue weighted by Gasteiger charge is -2.28. The van der Waals surface area contributed by atoms with Gasteiger partial charge in [0.15, 0.2) is 12.6 Å². The van der Waals surface area contributed by atoms with Crippen LogP contribution < -0.4 is 0 Å². The molecule has 0 radical (unpaired) electrons. The van der Waals surface area contributed by atoms with Crippen LogP contribution in [-0.4, -0.2) is 50.7 Å². The molecule has 86 valence electrons. The van der Waals surface area contributed by atoms with E-state index in [1.54, 1.807) is 28.4 Å². The van der Waals surface area contributed by atoms with E-state index in [1.807, 2.05) is 0 Å². The molecule has 4 nitrogen and oxygen atoms in total. The molecule has 0 spiro atoms. The van der Waals surface area contributed by atoms with Crippen molar-refractivity contribution in [3.63, 3.8) is 0 Å². The molecule has 0 aromatic heterocycles. The molecule has 14 heavy (non-hydrogen) atoms. The molecule has 0 fully saturated rings. The molecule has 0 saturated carbocycles. The largest absolute Gasteiger partial charge is 0.355 e. The first-order valence-corrected chi connectivity index (χ1v) is 5.84. The van der Waals surface area contributed by atoms with E-state index in [0.29, 0.717) is 0 Å². The Morgan fingerprint density at radius 3 is 1.00 bits per heavy atom. The minimum absolute atomic E-state index is 0.0672. The second-order valence-corrected chi connectivity index (χ2v) is 4.68. The van der Waals surface area contributed by atoms with Gasteiger partial charge in [-0.05, 0) is 0 Å². The molecule has 0 aliphatic heterocycles. The zero-order chi connectivity index (χ0) is 11.1. The van der Waals surface area contributed by atoms with Crippen LogP contribution in [0.5, 0.6) is 0 Å². The maximum Gasteiger partial charge on any atom is 0.170 e. The molecule has 0 rings (SSSR count). The van der Waals surface area contributed by atoms with Crippen LogP contribution in [-0.2, 0) is 18.9 Å². The number of hydrogen-bond acceptors (Lipinski definition) is 4. The highest BCUT2D eigenvalue weighted by Crippen LogP contribution is 2.24. The Bertz CT molecular complexity index is 123. The van der Waals surface area contributed by atoms with Crippen molar-refractivity contribution in [1.29, 1.82) is 0 Å². The van der Waals surface area contributed by atoms with Crippen molar-refractivity contribution >= 4 is 31.9 Å². The van der Waals surface area contributed by atoms with Crippen molar-refractivity contribution in [1.82, 2.24) is 0 Å². The second kappa shape index (κ2) is 8.01. The van der Waals surface area contributed by atoms with E-state index in [2.05, 4.69) is 31.9 Å². The van der Waals surface area contributed by atoms with Crippen LogP contribution >= 0.6 is 31.9 Å². The third kappa shape index (κ3) is 4.12. The van der Waals surface area contributed by atoms with Gasteiger partial charge in [-0.2, -0.15) is 0 Å². The summed E-state index contributed by atoms with van der Waals surface area (Å²) in [6, 6.07) is 0. The Morgan fingerprint density at radius 1 is 0.643 bits per heavy atom. The summed E-state index contributed by atoms with van der Waals surface area (Å²) in [4.78, 5) is -0.134. The maximum absolute atomic E-state index is 5.11. The van der Waals surface area contributed by atoms with Crippen molar-refractivity contribution in [2.75, 3.05) is 28.4 Å². The van der Waals surface area contributed by atoms with Crippen molar-refractivity contribution < 1.29 is 18.9 Å². The topological polar surface area (TPSA) is 36.9 Å². The standard InChI is InChI=1S/C8H16Br2O4/c1-11-7(12-2)5(9)6(10)8(13-3)14-4/h5-8H,1-4H3. The maximum atomic E-state index is 5.11. The number of alkyl halides is 2. The molecule has 0 aromatic rings. The van der Waals surface area contributed by atoms with E-state index in [0.717, 1.165) is 0 Å². The molecular weight excluding hydrogens is 320 g/mol. The van der Waals surface area contributed by atoms with Gasteiger partial charge in [0.05, 0.1) is 9.65 Å². The lowest BCUT2D eigenvalue weighted by molar-refractivity contribution is -0.132. The fraction of sp³-hybridized carbons (Fsp3) is 1.00. The van der Waals surface area contributed by atoms with Crippen LogP contribution in [0.25, 0.3) is 0 Å². The summed E-state index contributed by atoms with van der Waals surface area (Å²) in [7, 11) is 6.32. The van der Waals surface area contributed by atoms with Crippen LogP contribution in [0.1, 0.15) is 0 Å². The molecule has 0 N–H and O–H groups in total. The molecule has 0 amide bonds. The highest BCUT2D eigenvalue weighted by Gasteiger charge is 2.32. The van der Waals surface area contributed by atoms with Crippen molar-refractivity contribution in [2.24, 2.45) is 0 Å². The predicted octanol–water partition coefficient (Wildman–Crippen LogP) is 1.75. The summed E-state index contributed by atoms with van der Waals surface area (Å²) in [5.41, 5.74) is 0. The third-order valence-corrected chi connectivity index (χ3v) is 4.47. The minimum atomic E-state index is -0.354. The molecule has 6 heteroatoms. The van der Waals surface area contributed by atoms with Gasteiger partial charge in [-0.25, -0.2) is 0 Å². The van der Waals surface area contributed by atoms with Crippen molar-refractivity contribution in [2.45, 2.75) is 22.2 Å². The average Bonchev–Trinajstić information content (AvgIpc) is 2.21. The van der Waals surface area contributed by atoms with Gasteiger partial charge in [-0.3, -0.25) is 0 Å². The molecule has 0 saturated heterocycles. The highest BCUT2D eigenvalue weighted by atomic mass is 79.9. The number of methoxy groups -OCH3 is 4. The normalized spacial score (nSPS) is 16.3. The summed E-state index contributed by atoms with van der Waals surface area (Å²) < 4.78 is 20.4. The first kappa shape index (κ1) is 14.8. The Hall–Kier alpha value is 0.800. The van der Waals surface area contributed by atoms with Gasteiger partial charge in [-0.15, -0.1) is 0 Å². The van der Waals surface area contributed by atoms with Crippen LogP contribution in [0.2, 0.25) is 0 Å². The van der Waals surface area contributed by atoms with Gasteiger partial charge in [-0.1, -0.05) is 31.9 Å². The van der Waals surface area contributed by atoms with E-state index in [-0.39, 0.29) is 22.2 Å². The van der Waals surface area contributed by atoms with Gasteiger partial charge in [0.2, 0.25) is 0 Å². The van der Waals surface area contributed by atoms with Gasteiger partial charge in [0, 0.05) is 28.4 Å². The van der Waals surface area contributed by atoms with Gasteiger partial charge in [0.1, 0.15) is 0 Å². The smallest absolute Gasteiger partial charge is 0.170 e. The molecule has 0 bridgehead atoms. The Labute approximate surface area is 101 Å². The number of hydrogen-bond donors (Lipinski definition) is 0. The van der Waals surface area contributed by atoms with Crippen LogP contribution in [0.4, 0.5) is 0 Å². The monoisotopic (exact) mass is 334 g/mol. The van der Waals surface area contributed by atoms with Gasteiger partial charge >= 0.3 is 0 Å². The molecule has 0 aromatic carbocycles. The van der Waals surface area contributed by atoms with E-state index in [4.69, 9.17) is 18.9 Å². The summed E-state index contributed by atoms with van der Waals surface area (Å²) >= 11 is 6.91. The zero-order valence-electron chi connectivity index (χ0n) is 8.70. The highest BCUT2D eigenvalue weighted by molar-refractivity contribution is 9.12. The molecule has 0 heterocycles. The Morgan fingerprint density at radius 2 is 0.857 bits per heavy atom. The van der Waals surface area contributed by atoms with Crippen LogP contribution in [0, 0.1) is 0 Å². The van der Waals surface area contributed by atoms with Gasteiger partial charge in [0.25, 0.3) is 0 Å². The summed E-state index contributed by atoms with van der Waals surface area (Å²) in [6.07, 6.45) is -0.709. The first-order chi connectivity index (χ1) is 6.62. The average molecular weight is 336 g/mol. The molecular formula is C8H16Br2O4. The van der Waals surface area contributed by atoms with E-state index >= 15 is 0 Å². The fourth-order valence-electron chi connectivity index (χ4n) is 1.01. The van der Waals surface area contributed by atoms with Crippen molar-refractivity contribution in [3.05, 3.63) is 0 Å². The number of rotatable bonds is 7. The van der Waals surface area contributed by atoms with Crippen LogP contribution in [0.15, 0.2) is 0 Å². The minimum Gasteiger partial charge on any atom is -0.355 e. The number of ether oxygens (including phenoxy) is 4. The summed E-state index contributed by atoms with van der Waals surface area (Å²) in [6.45, 7) is 0. The quantitative estimate of drug-likeness (QED) is 0.524. The Balaban J connectivity index is 4.26. The molecule has 2 atom stereocenters. The van der Waals surface area contributed by atoms with Gasteiger partial charge < -0.3 is 18.9 Å². The molecule has 0 aliphatic carbocycles. The van der Waals surface area contributed by atoms with E-state index < -0.39 is 0 Å². The van der Waals surface area contributed by atoms with E-state index in [1.165, 1.54) is 0 Å².